The van der Waals surface area contributed by atoms with Gasteiger partial charge in [-0.3, -0.25) is 4.79 Å². The first kappa shape index (κ1) is 15.1. The summed E-state index contributed by atoms with van der Waals surface area (Å²) >= 11 is 0. The summed E-state index contributed by atoms with van der Waals surface area (Å²) < 4.78 is 0. The highest BCUT2D eigenvalue weighted by atomic mass is 16.2. The van der Waals surface area contributed by atoms with Crippen LogP contribution in [0.3, 0.4) is 0 Å². The molecule has 0 atom stereocenters. The first-order valence-electron chi connectivity index (χ1n) is 7.36. The molecule has 0 spiro atoms. The van der Waals surface area contributed by atoms with Crippen molar-refractivity contribution in [3.05, 3.63) is 59.7 Å². The van der Waals surface area contributed by atoms with E-state index in [0.717, 1.165) is 30.6 Å². The Balaban J connectivity index is 2.31. The van der Waals surface area contributed by atoms with Crippen molar-refractivity contribution in [1.82, 2.24) is 0 Å². The van der Waals surface area contributed by atoms with E-state index >= 15 is 0 Å². The van der Waals surface area contributed by atoms with Crippen LogP contribution in [0.2, 0.25) is 0 Å². The molecule has 0 saturated heterocycles. The Morgan fingerprint density at radius 1 is 1.14 bits per heavy atom. The molecule has 2 aromatic rings. The van der Waals surface area contributed by atoms with Crippen LogP contribution < -0.4 is 10.6 Å². The lowest BCUT2D eigenvalue weighted by Crippen LogP contribution is -2.32. The number of nitrogen functional groups attached to an aromatic ring is 1. The van der Waals surface area contributed by atoms with Crippen molar-refractivity contribution in [3.8, 4) is 0 Å². The number of para-hydroxylation sites is 1. The number of carbonyl (C=O) groups excluding carboxylic acids is 1. The predicted octanol–water partition coefficient (Wildman–Crippen LogP) is 4.02. The average Bonchev–Trinajstić information content (AvgIpc) is 2.51. The van der Waals surface area contributed by atoms with Gasteiger partial charge in [-0.15, -0.1) is 0 Å². The molecule has 0 radical (unpaired) electrons. The van der Waals surface area contributed by atoms with E-state index in [1.54, 1.807) is 12.1 Å². The van der Waals surface area contributed by atoms with Gasteiger partial charge in [-0.05, 0) is 49.2 Å². The quantitative estimate of drug-likeness (QED) is 0.842. The third-order valence-corrected chi connectivity index (χ3v) is 3.57. The zero-order chi connectivity index (χ0) is 15.2. The molecule has 0 fully saturated rings. The highest BCUT2D eigenvalue weighted by molar-refractivity contribution is 6.06. The second kappa shape index (κ2) is 6.93. The maximum absolute atomic E-state index is 12.8. The van der Waals surface area contributed by atoms with Gasteiger partial charge in [0.2, 0.25) is 0 Å². The SMILES string of the molecule is CCCCN(C(=O)c1ccc(N)c(C)c1)c1ccccc1. The lowest BCUT2D eigenvalue weighted by atomic mass is 10.1. The van der Waals surface area contributed by atoms with E-state index in [9.17, 15) is 4.79 Å². The van der Waals surface area contributed by atoms with E-state index in [2.05, 4.69) is 6.92 Å². The van der Waals surface area contributed by atoms with Crippen LogP contribution in [0, 0.1) is 6.92 Å². The number of amides is 1. The minimum Gasteiger partial charge on any atom is -0.399 e. The van der Waals surface area contributed by atoms with E-state index in [1.807, 2.05) is 48.2 Å². The molecule has 0 unspecified atom stereocenters. The van der Waals surface area contributed by atoms with Crippen LogP contribution >= 0.6 is 0 Å². The third kappa shape index (κ3) is 3.63. The molecule has 2 N–H and O–H groups in total. The molecule has 21 heavy (non-hydrogen) atoms. The fourth-order valence-electron chi connectivity index (χ4n) is 2.24. The molecule has 1 amide bonds. The van der Waals surface area contributed by atoms with Crippen molar-refractivity contribution in [1.29, 1.82) is 0 Å². The number of unbranched alkanes of at least 4 members (excludes halogenated alkanes) is 1. The molecule has 2 aromatic carbocycles. The van der Waals surface area contributed by atoms with Gasteiger partial charge in [0.1, 0.15) is 0 Å². The number of aryl methyl sites for hydroxylation is 1. The van der Waals surface area contributed by atoms with E-state index in [-0.39, 0.29) is 5.91 Å². The van der Waals surface area contributed by atoms with Crippen LogP contribution in [0.25, 0.3) is 0 Å². The highest BCUT2D eigenvalue weighted by Crippen LogP contribution is 2.20. The van der Waals surface area contributed by atoms with Crippen molar-refractivity contribution in [2.75, 3.05) is 17.2 Å². The normalized spacial score (nSPS) is 10.4. The maximum atomic E-state index is 12.8. The molecule has 3 heteroatoms. The molecule has 2 rings (SSSR count). The van der Waals surface area contributed by atoms with Gasteiger partial charge in [0.05, 0.1) is 0 Å². The molecule has 0 saturated carbocycles. The fourth-order valence-corrected chi connectivity index (χ4v) is 2.24. The molecule has 3 nitrogen and oxygen atoms in total. The van der Waals surface area contributed by atoms with Gasteiger partial charge < -0.3 is 10.6 Å². The standard InChI is InChI=1S/C18H22N2O/c1-3-4-12-20(16-8-6-5-7-9-16)18(21)15-10-11-17(19)14(2)13-15/h5-11,13H,3-4,12,19H2,1-2H3. The van der Waals surface area contributed by atoms with Crippen LogP contribution in [0.1, 0.15) is 35.7 Å². The number of nitrogens with two attached hydrogens (primary N) is 1. The Kier molecular flexibility index (Phi) is 4.99. The zero-order valence-electron chi connectivity index (χ0n) is 12.7. The van der Waals surface area contributed by atoms with Crippen LogP contribution in [0.5, 0.6) is 0 Å². The molecule has 110 valence electrons. The molecular weight excluding hydrogens is 260 g/mol. The van der Waals surface area contributed by atoms with Crippen molar-refractivity contribution >= 4 is 17.3 Å². The Hall–Kier alpha value is -2.29. The first-order chi connectivity index (χ1) is 10.1. The number of hydrogen-bond acceptors (Lipinski definition) is 2. The lowest BCUT2D eigenvalue weighted by molar-refractivity contribution is 0.0986. The van der Waals surface area contributed by atoms with E-state index in [4.69, 9.17) is 5.73 Å². The van der Waals surface area contributed by atoms with Gasteiger partial charge in [0.25, 0.3) is 5.91 Å². The summed E-state index contributed by atoms with van der Waals surface area (Å²) in [6.45, 7) is 4.77. The van der Waals surface area contributed by atoms with Gasteiger partial charge in [-0.1, -0.05) is 31.5 Å². The number of nitrogens with zero attached hydrogens (tertiary/aromatic N) is 1. The molecule has 0 aliphatic rings. The molecule has 0 heterocycles. The summed E-state index contributed by atoms with van der Waals surface area (Å²) in [7, 11) is 0. The van der Waals surface area contributed by atoms with E-state index in [0.29, 0.717) is 11.3 Å². The van der Waals surface area contributed by atoms with Crippen molar-refractivity contribution < 1.29 is 4.79 Å². The number of benzene rings is 2. The monoisotopic (exact) mass is 282 g/mol. The average molecular weight is 282 g/mol. The molecule has 0 aromatic heterocycles. The summed E-state index contributed by atoms with van der Waals surface area (Å²) in [5, 5.41) is 0. The lowest BCUT2D eigenvalue weighted by Gasteiger charge is -2.23. The minimum absolute atomic E-state index is 0.0257. The zero-order valence-corrected chi connectivity index (χ0v) is 12.7. The van der Waals surface area contributed by atoms with E-state index < -0.39 is 0 Å². The highest BCUT2D eigenvalue weighted by Gasteiger charge is 2.17. The maximum Gasteiger partial charge on any atom is 0.258 e. The Morgan fingerprint density at radius 2 is 1.86 bits per heavy atom. The van der Waals surface area contributed by atoms with Crippen molar-refractivity contribution in [2.24, 2.45) is 0 Å². The van der Waals surface area contributed by atoms with Crippen LogP contribution in [0.15, 0.2) is 48.5 Å². The molecule has 0 bridgehead atoms. The minimum atomic E-state index is 0.0257. The van der Waals surface area contributed by atoms with E-state index in [1.165, 1.54) is 0 Å². The smallest absolute Gasteiger partial charge is 0.258 e. The second-order valence-electron chi connectivity index (χ2n) is 5.22. The topological polar surface area (TPSA) is 46.3 Å². The third-order valence-electron chi connectivity index (χ3n) is 3.57. The second-order valence-corrected chi connectivity index (χ2v) is 5.22. The Morgan fingerprint density at radius 3 is 2.48 bits per heavy atom. The Bertz CT molecular complexity index is 608. The molecule has 0 aliphatic carbocycles. The van der Waals surface area contributed by atoms with Crippen molar-refractivity contribution in [3.63, 3.8) is 0 Å². The summed E-state index contributed by atoms with van der Waals surface area (Å²) in [6.07, 6.45) is 2.03. The molecular formula is C18H22N2O. The van der Waals surface area contributed by atoms with Crippen LogP contribution in [0.4, 0.5) is 11.4 Å². The van der Waals surface area contributed by atoms with Gasteiger partial charge in [-0.2, -0.15) is 0 Å². The van der Waals surface area contributed by atoms with Crippen LogP contribution in [-0.2, 0) is 0 Å². The van der Waals surface area contributed by atoms with Crippen LogP contribution in [-0.4, -0.2) is 12.5 Å². The number of hydrogen-bond donors (Lipinski definition) is 1. The summed E-state index contributed by atoms with van der Waals surface area (Å²) in [5.74, 6) is 0.0257. The summed E-state index contributed by atoms with van der Waals surface area (Å²) in [6, 6.07) is 15.3. The Labute approximate surface area is 126 Å². The number of anilines is 2. The number of carbonyl (C=O) groups is 1. The number of rotatable bonds is 5. The summed E-state index contributed by atoms with van der Waals surface area (Å²) in [4.78, 5) is 14.6. The van der Waals surface area contributed by atoms with Gasteiger partial charge >= 0.3 is 0 Å². The first-order valence-corrected chi connectivity index (χ1v) is 7.36. The van der Waals surface area contributed by atoms with Gasteiger partial charge in [0.15, 0.2) is 0 Å². The predicted molar refractivity (Wildman–Crippen MR) is 88.6 cm³/mol. The largest absolute Gasteiger partial charge is 0.399 e. The van der Waals surface area contributed by atoms with Crippen molar-refractivity contribution in [2.45, 2.75) is 26.7 Å². The summed E-state index contributed by atoms with van der Waals surface area (Å²) in [5.41, 5.74) is 9.10. The van der Waals surface area contributed by atoms with Gasteiger partial charge in [0, 0.05) is 23.5 Å². The fraction of sp³-hybridized carbons (Fsp3) is 0.278. The van der Waals surface area contributed by atoms with Gasteiger partial charge in [-0.25, -0.2) is 0 Å². The molecule has 0 aliphatic heterocycles.